The van der Waals surface area contributed by atoms with Crippen LogP contribution < -0.4 is 20.5 Å². The Bertz CT molecular complexity index is 1390. The average molecular weight is 470 g/mol. The van der Waals surface area contributed by atoms with Crippen molar-refractivity contribution in [2.24, 2.45) is 0 Å². The standard InChI is InChI=1S/C26H22N4O5/c1-32-15-35-22-10-4-3-7-17(22)21-13-18(16-8-5-9-20(28)24(16)33-2)19(14-27)25(29-21)30-26(31)23-11-6-12-34-23/h3-13H,15,28H2,1-2H3,(H,29,30,31). The largest absolute Gasteiger partial charge is 0.494 e. The molecule has 9 nitrogen and oxygen atoms in total. The van der Waals surface area contributed by atoms with E-state index in [1.807, 2.05) is 18.2 Å². The molecule has 4 aromatic rings. The third-order valence-electron chi connectivity index (χ3n) is 5.14. The second-order valence-corrected chi connectivity index (χ2v) is 7.30. The van der Waals surface area contributed by atoms with E-state index in [0.29, 0.717) is 39.6 Å². The first-order valence-electron chi connectivity index (χ1n) is 10.5. The van der Waals surface area contributed by atoms with Crippen LogP contribution in [0.4, 0.5) is 11.5 Å². The molecule has 0 aliphatic rings. The summed E-state index contributed by atoms with van der Waals surface area (Å²) in [6.45, 7) is 0.0330. The third-order valence-corrected chi connectivity index (χ3v) is 5.14. The smallest absolute Gasteiger partial charge is 0.292 e. The van der Waals surface area contributed by atoms with Crippen molar-refractivity contribution >= 4 is 17.4 Å². The van der Waals surface area contributed by atoms with Gasteiger partial charge in [-0.05, 0) is 36.4 Å². The van der Waals surface area contributed by atoms with Crippen molar-refractivity contribution in [2.45, 2.75) is 0 Å². The second kappa shape index (κ2) is 10.4. The summed E-state index contributed by atoms with van der Waals surface area (Å²) in [4.78, 5) is 17.4. The van der Waals surface area contributed by atoms with Crippen molar-refractivity contribution in [1.82, 2.24) is 4.98 Å². The van der Waals surface area contributed by atoms with Crippen LogP contribution in [0, 0.1) is 11.3 Å². The van der Waals surface area contributed by atoms with Gasteiger partial charge in [-0.25, -0.2) is 4.98 Å². The first kappa shape index (κ1) is 23.4. The molecule has 0 spiro atoms. The number of rotatable bonds is 8. The highest BCUT2D eigenvalue weighted by atomic mass is 16.7. The van der Waals surface area contributed by atoms with E-state index in [1.54, 1.807) is 36.4 Å². The lowest BCUT2D eigenvalue weighted by Crippen LogP contribution is -2.14. The summed E-state index contributed by atoms with van der Waals surface area (Å²) >= 11 is 0. The molecule has 0 saturated heterocycles. The van der Waals surface area contributed by atoms with Crippen molar-refractivity contribution in [3.05, 3.63) is 78.3 Å². The highest BCUT2D eigenvalue weighted by Crippen LogP contribution is 2.41. The van der Waals surface area contributed by atoms with Crippen LogP contribution in [0.2, 0.25) is 0 Å². The predicted octanol–water partition coefficient (Wildman–Crippen LogP) is 4.71. The van der Waals surface area contributed by atoms with Crippen molar-refractivity contribution in [1.29, 1.82) is 5.26 Å². The van der Waals surface area contributed by atoms with Gasteiger partial charge in [0.25, 0.3) is 5.91 Å². The Kier molecular flexibility index (Phi) is 6.95. The van der Waals surface area contributed by atoms with Crippen LogP contribution in [0.3, 0.4) is 0 Å². The Morgan fingerprint density at radius 2 is 1.89 bits per heavy atom. The fraction of sp³-hybridized carbons (Fsp3) is 0.115. The van der Waals surface area contributed by atoms with Crippen molar-refractivity contribution in [2.75, 3.05) is 32.1 Å². The minimum absolute atomic E-state index is 0.0330. The Hall–Kier alpha value is -4.81. The van der Waals surface area contributed by atoms with Gasteiger partial charge in [0.2, 0.25) is 0 Å². The van der Waals surface area contributed by atoms with Crippen LogP contribution in [0.15, 0.2) is 71.3 Å². The maximum Gasteiger partial charge on any atom is 0.292 e. The van der Waals surface area contributed by atoms with Crippen molar-refractivity contribution < 1.29 is 23.4 Å². The minimum atomic E-state index is -0.550. The molecular weight excluding hydrogens is 448 g/mol. The molecule has 4 rings (SSSR count). The molecule has 0 radical (unpaired) electrons. The summed E-state index contributed by atoms with van der Waals surface area (Å²) < 4.78 is 21.5. The number of methoxy groups -OCH3 is 2. The number of nitriles is 1. The summed E-state index contributed by atoms with van der Waals surface area (Å²) in [5, 5.41) is 12.8. The van der Waals surface area contributed by atoms with E-state index in [1.165, 1.54) is 26.5 Å². The molecule has 0 unspecified atom stereocenters. The normalized spacial score (nSPS) is 10.4. The zero-order valence-electron chi connectivity index (χ0n) is 19.1. The van der Waals surface area contributed by atoms with E-state index >= 15 is 0 Å². The predicted molar refractivity (Wildman–Crippen MR) is 130 cm³/mol. The highest BCUT2D eigenvalue weighted by molar-refractivity contribution is 6.03. The van der Waals surface area contributed by atoms with Crippen molar-refractivity contribution in [3.63, 3.8) is 0 Å². The summed E-state index contributed by atoms with van der Waals surface area (Å²) in [6, 6.07) is 19.5. The zero-order valence-corrected chi connectivity index (χ0v) is 19.1. The first-order chi connectivity index (χ1) is 17.1. The number of para-hydroxylation sites is 2. The molecule has 0 atom stereocenters. The van der Waals surface area contributed by atoms with Crippen LogP contribution in [-0.2, 0) is 4.74 Å². The number of ether oxygens (including phenoxy) is 3. The molecule has 3 N–H and O–H groups in total. The molecule has 0 aliphatic carbocycles. The number of nitrogens with zero attached hydrogens (tertiary/aromatic N) is 2. The number of furan rings is 1. The average Bonchev–Trinajstić information content (AvgIpc) is 3.42. The molecule has 176 valence electrons. The number of carbonyl (C=O) groups is 1. The van der Waals surface area contributed by atoms with E-state index in [9.17, 15) is 10.1 Å². The summed E-state index contributed by atoms with van der Waals surface area (Å²) in [5.74, 6) is 0.486. The molecule has 2 aromatic carbocycles. The molecule has 9 heteroatoms. The topological polar surface area (TPSA) is 133 Å². The summed E-state index contributed by atoms with van der Waals surface area (Å²) in [5.41, 5.74) is 8.78. The lowest BCUT2D eigenvalue weighted by molar-refractivity contribution is 0.0515. The molecule has 0 bridgehead atoms. The first-order valence-corrected chi connectivity index (χ1v) is 10.5. The van der Waals surface area contributed by atoms with Gasteiger partial charge in [0.1, 0.15) is 23.1 Å². The Morgan fingerprint density at radius 3 is 2.60 bits per heavy atom. The number of hydrogen-bond acceptors (Lipinski definition) is 8. The zero-order chi connectivity index (χ0) is 24.8. The van der Waals surface area contributed by atoms with Gasteiger partial charge in [0, 0.05) is 23.8 Å². The van der Waals surface area contributed by atoms with Gasteiger partial charge >= 0.3 is 0 Å². The van der Waals surface area contributed by atoms with Gasteiger partial charge in [-0.3, -0.25) is 4.79 Å². The number of benzene rings is 2. The van der Waals surface area contributed by atoms with E-state index in [0.717, 1.165) is 0 Å². The number of amides is 1. The van der Waals surface area contributed by atoms with Gasteiger partial charge in [0.05, 0.1) is 24.8 Å². The minimum Gasteiger partial charge on any atom is -0.494 e. The number of aromatic nitrogens is 1. The SMILES string of the molecule is COCOc1ccccc1-c1cc(-c2cccc(N)c2OC)c(C#N)c(NC(=O)c2ccco2)n1. The van der Waals surface area contributed by atoms with Crippen LogP contribution >= 0.6 is 0 Å². The number of nitrogen functional groups attached to an aromatic ring is 1. The van der Waals surface area contributed by atoms with Gasteiger partial charge < -0.3 is 29.7 Å². The molecule has 0 aliphatic heterocycles. The third kappa shape index (κ3) is 4.78. The highest BCUT2D eigenvalue weighted by Gasteiger charge is 2.22. The van der Waals surface area contributed by atoms with Crippen LogP contribution in [0.25, 0.3) is 22.4 Å². The quantitative estimate of drug-likeness (QED) is 0.280. The fourth-order valence-corrected chi connectivity index (χ4v) is 3.60. The fourth-order valence-electron chi connectivity index (χ4n) is 3.60. The maximum atomic E-state index is 12.8. The molecule has 0 saturated carbocycles. The van der Waals surface area contributed by atoms with Gasteiger partial charge in [0.15, 0.2) is 18.4 Å². The monoisotopic (exact) mass is 470 g/mol. The molecule has 2 aromatic heterocycles. The number of nitrogens with one attached hydrogen (secondary N) is 1. The van der Waals surface area contributed by atoms with Crippen molar-refractivity contribution in [3.8, 4) is 40.0 Å². The summed E-state index contributed by atoms with van der Waals surface area (Å²) in [6.07, 6.45) is 1.39. The van der Waals surface area contributed by atoms with E-state index in [4.69, 9.17) is 24.4 Å². The number of hydrogen-bond donors (Lipinski definition) is 2. The number of anilines is 2. The maximum absolute atomic E-state index is 12.8. The Labute approximate surface area is 201 Å². The van der Waals surface area contributed by atoms with Gasteiger partial charge in [-0.1, -0.05) is 24.3 Å². The van der Waals surface area contributed by atoms with Crippen LogP contribution in [0.1, 0.15) is 16.1 Å². The lowest BCUT2D eigenvalue weighted by atomic mass is 9.96. The van der Waals surface area contributed by atoms with E-state index < -0.39 is 5.91 Å². The number of nitrogens with two attached hydrogens (primary N) is 1. The Morgan fingerprint density at radius 1 is 1.09 bits per heavy atom. The molecule has 0 fully saturated rings. The second-order valence-electron chi connectivity index (χ2n) is 7.30. The Balaban J connectivity index is 1.95. The lowest BCUT2D eigenvalue weighted by Gasteiger charge is -2.17. The van der Waals surface area contributed by atoms with Gasteiger partial charge in [-0.2, -0.15) is 5.26 Å². The molecule has 35 heavy (non-hydrogen) atoms. The van der Waals surface area contributed by atoms with E-state index in [2.05, 4.69) is 16.4 Å². The summed E-state index contributed by atoms with van der Waals surface area (Å²) in [7, 11) is 3.02. The van der Waals surface area contributed by atoms with Crippen LogP contribution in [-0.4, -0.2) is 31.9 Å². The number of carbonyl (C=O) groups excluding carboxylic acids is 1. The molecule has 1 amide bonds. The van der Waals surface area contributed by atoms with Crippen LogP contribution in [0.5, 0.6) is 11.5 Å². The van der Waals surface area contributed by atoms with E-state index in [-0.39, 0.29) is 23.9 Å². The number of pyridine rings is 1. The molecular formula is C26H22N4O5. The molecule has 2 heterocycles. The van der Waals surface area contributed by atoms with Gasteiger partial charge in [-0.15, -0.1) is 0 Å².